The van der Waals surface area contributed by atoms with Crippen LogP contribution < -0.4 is 10.6 Å². The van der Waals surface area contributed by atoms with E-state index >= 15 is 0 Å². The Hall–Kier alpha value is -2.11. The topological polar surface area (TPSA) is 95.9 Å². The van der Waals surface area contributed by atoms with Gasteiger partial charge >= 0.3 is 0 Å². The van der Waals surface area contributed by atoms with Gasteiger partial charge in [0.25, 0.3) is 0 Å². The zero-order chi connectivity index (χ0) is 16.8. The number of anilines is 2. The van der Waals surface area contributed by atoms with E-state index in [9.17, 15) is 4.79 Å². The van der Waals surface area contributed by atoms with Crippen LogP contribution in [0.3, 0.4) is 0 Å². The lowest BCUT2D eigenvalue weighted by molar-refractivity contribution is -0.116. The van der Waals surface area contributed by atoms with Gasteiger partial charge in [-0.2, -0.15) is 5.26 Å². The van der Waals surface area contributed by atoms with Crippen molar-refractivity contribution in [2.75, 3.05) is 22.9 Å². The summed E-state index contributed by atoms with van der Waals surface area (Å²) in [4.78, 5) is 14.2. The number of aryl methyl sites for hydroxylation is 2. The van der Waals surface area contributed by atoms with Crippen molar-refractivity contribution < 1.29 is 4.79 Å². The van der Waals surface area contributed by atoms with Gasteiger partial charge in [-0.1, -0.05) is 29.2 Å². The summed E-state index contributed by atoms with van der Waals surface area (Å²) in [6.07, 6.45) is 0.287. The Kier molecular flexibility index (Phi) is 5.96. The molecule has 0 aliphatic carbocycles. The molecule has 1 heterocycles. The summed E-state index contributed by atoms with van der Waals surface area (Å²) in [5, 5.41) is 16.8. The molecule has 2 N–H and O–H groups in total. The predicted octanol–water partition coefficient (Wildman–Crippen LogP) is 2.78. The number of aromatic nitrogens is 2. The number of hydrogen-bond acceptors (Lipinski definition) is 7. The average Bonchev–Trinajstić information content (AvgIpc) is 2.90. The van der Waals surface area contributed by atoms with E-state index in [0.29, 0.717) is 16.0 Å². The summed E-state index contributed by atoms with van der Waals surface area (Å²) in [6.45, 7) is 4.35. The molecule has 2 aromatic rings. The highest BCUT2D eigenvalue weighted by atomic mass is 32.2. The van der Waals surface area contributed by atoms with Crippen molar-refractivity contribution >= 4 is 39.8 Å². The minimum atomic E-state index is -0.0657. The van der Waals surface area contributed by atoms with Crippen LogP contribution in [0.1, 0.15) is 17.5 Å². The fourth-order valence-corrected chi connectivity index (χ4v) is 3.66. The molecule has 0 saturated heterocycles. The number of carbonyl (C=O) groups is 1. The van der Waals surface area contributed by atoms with Crippen molar-refractivity contribution in [2.45, 2.75) is 24.6 Å². The number of benzene rings is 1. The molecule has 0 radical (unpaired) electrons. The molecule has 0 unspecified atom stereocenters. The Morgan fingerprint density at radius 1 is 1.35 bits per heavy atom. The van der Waals surface area contributed by atoms with E-state index in [4.69, 9.17) is 11.0 Å². The Morgan fingerprint density at radius 2 is 2.04 bits per heavy atom. The third kappa shape index (κ3) is 4.94. The average molecular weight is 347 g/mol. The molecule has 6 nitrogen and oxygen atoms in total. The Balaban J connectivity index is 2.13. The van der Waals surface area contributed by atoms with Crippen molar-refractivity contribution in [3.63, 3.8) is 0 Å². The molecule has 1 amide bonds. The Bertz CT molecular complexity index is 717. The van der Waals surface area contributed by atoms with Crippen LogP contribution in [0.2, 0.25) is 0 Å². The maximum atomic E-state index is 12.6. The Labute approximate surface area is 143 Å². The van der Waals surface area contributed by atoms with E-state index in [0.717, 1.165) is 16.8 Å². The SMILES string of the molecule is Cc1cc(C)cc(N(CCC#N)C(=O)CSc2nnc(N)s2)c1. The number of carbonyl (C=O) groups excluding carboxylic acids is 1. The van der Waals surface area contributed by atoms with Gasteiger partial charge in [-0.15, -0.1) is 10.2 Å². The molecular formula is C15H17N5OS2. The maximum absolute atomic E-state index is 12.6. The molecule has 120 valence electrons. The highest BCUT2D eigenvalue weighted by Gasteiger charge is 2.17. The van der Waals surface area contributed by atoms with Gasteiger partial charge in [0.15, 0.2) is 4.34 Å². The van der Waals surface area contributed by atoms with E-state index in [1.165, 1.54) is 23.1 Å². The molecular weight excluding hydrogens is 330 g/mol. The summed E-state index contributed by atoms with van der Waals surface area (Å²) in [5.41, 5.74) is 8.52. The predicted molar refractivity (Wildman–Crippen MR) is 93.5 cm³/mol. The van der Waals surface area contributed by atoms with Gasteiger partial charge in [0.05, 0.1) is 18.2 Å². The second kappa shape index (κ2) is 7.94. The van der Waals surface area contributed by atoms with E-state index in [-0.39, 0.29) is 18.1 Å². The number of nitriles is 1. The number of nitrogens with zero attached hydrogens (tertiary/aromatic N) is 4. The van der Waals surface area contributed by atoms with Crippen molar-refractivity contribution in [3.8, 4) is 6.07 Å². The summed E-state index contributed by atoms with van der Waals surface area (Å²) < 4.78 is 0.663. The number of nitrogen functional groups attached to an aromatic ring is 1. The fraction of sp³-hybridized carbons (Fsp3) is 0.333. The first kappa shape index (κ1) is 17.2. The lowest BCUT2D eigenvalue weighted by Gasteiger charge is -2.22. The zero-order valence-corrected chi connectivity index (χ0v) is 14.6. The maximum Gasteiger partial charge on any atom is 0.237 e. The molecule has 1 aromatic heterocycles. The fourth-order valence-electron chi connectivity index (χ4n) is 2.15. The highest BCUT2D eigenvalue weighted by Crippen LogP contribution is 2.25. The first-order valence-corrected chi connectivity index (χ1v) is 8.77. The summed E-state index contributed by atoms with van der Waals surface area (Å²) in [6, 6.07) is 8.05. The smallest absolute Gasteiger partial charge is 0.237 e. The largest absolute Gasteiger partial charge is 0.374 e. The van der Waals surface area contributed by atoms with E-state index < -0.39 is 0 Å². The van der Waals surface area contributed by atoms with Crippen LogP contribution in [-0.2, 0) is 4.79 Å². The van der Waals surface area contributed by atoms with Crippen LogP contribution in [-0.4, -0.2) is 28.4 Å². The Morgan fingerprint density at radius 3 is 2.61 bits per heavy atom. The van der Waals surface area contributed by atoms with Gasteiger partial charge in [0.1, 0.15) is 0 Å². The van der Waals surface area contributed by atoms with Crippen molar-refractivity contribution in [3.05, 3.63) is 29.3 Å². The third-order valence-corrected chi connectivity index (χ3v) is 4.88. The van der Waals surface area contributed by atoms with Crippen LogP contribution in [0.4, 0.5) is 10.8 Å². The summed E-state index contributed by atoms with van der Waals surface area (Å²) >= 11 is 2.56. The number of amides is 1. The van der Waals surface area contributed by atoms with Crippen molar-refractivity contribution in [1.82, 2.24) is 10.2 Å². The molecule has 0 aliphatic rings. The van der Waals surface area contributed by atoms with Gasteiger partial charge in [-0.05, 0) is 37.1 Å². The van der Waals surface area contributed by atoms with Crippen molar-refractivity contribution in [2.24, 2.45) is 0 Å². The monoisotopic (exact) mass is 347 g/mol. The first-order chi connectivity index (χ1) is 11.0. The molecule has 2 rings (SSSR count). The van der Waals surface area contributed by atoms with Crippen LogP contribution in [0, 0.1) is 25.2 Å². The van der Waals surface area contributed by atoms with Crippen LogP contribution in [0.15, 0.2) is 22.5 Å². The van der Waals surface area contributed by atoms with E-state index in [2.05, 4.69) is 22.3 Å². The standard InChI is InChI=1S/C15H17N5OS2/c1-10-6-11(2)8-12(7-10)20(5-3-4-16)13(21)9-22-15-19-18-14(17)23-15/h6-8H,3,5,9H2,1-2H3,(H2,17,18). The van der Waals surface area contributed by atoms with Crippen LogP contribution in [0.5, 0.6) is 0 Å². The minimum Gasteiger partial charge on any atom is -0.374 e. The van der Waals surface area contributed by atoms with Crippen molar-refractivity contribution in [1.29, 1.82) is 5.26 Å². The number of hydrogen-bond donors (Lipinski definition) is 1. The van der Waals surface area contributed by atoms with E-state index in [1.54, 1.807) is 4.90 Å². The number of rotatable bonds is 6. The minimum absolute atomic E-state index is 0.0657. The van der Waals surface area contributed by atoms with Crippen LogP contribution in [0.25, 0.3) is 0 Å². The molecule has 0 bridgehead atoms. The van der Waals surface area contributed by atoms with Crippen LogP contribution >= 0.6 is 23.1 Å². The molecule has 23 heavy (non-hydrogen) atoms. The molecule has 0 atom stereocenters. The first-order valence-electron chi connectivity index (χ1n) is 6.97. The number of nitrogens with two attached hydrogens (primary N) is 1. The molecule has 0 fully saturated rings. The molecule has 1 aromatic carbocycles. The second-order valence-corrected chi connectivity index (χ2v) is 7.23. The molecule has 8 heteroatoms. The van der Waals surface area contributed by atoms with Gasteiger partial charge in [-0.25, -0.2) is 0 Å². The van der Waals surface area contributed by atoms with Gasteiger partial charge in [0.2, 0.25) is 11.0 Å². The zero-order valence-electron chi connectivity index (χ0n) is 12.9. The quantitative estimate of drug-likeness (QED) is 0.807. The number of thioether (sulfide) groups is 1. The lowest BCUT2D eigenvalue weighted by atomic mass is 10.1. The third-order valence-electron chi connectivity index (χ3n) is 3.01. The molecule has 0 spiro atoms. The normalized spacial score (nSPS) is 10.3. The second-order valence-electron chi connectivity index (χ2n) is 4.99. The van der Waals surface area contributed by atoms with E-state index in [1.807, 2.05) is 26.0 Å². The molecule has 0 saturated carbocycles. The summed E-state index contributed by atoms with van der Waals surface area (Å²) in [7, 11) is 0. The molecule has 0 aliphatic heterocycles. The van der Waals surface area contributed by atoms with Gasteiger partial charge < -0.3 is 10.6 Å². The van der Waals surface area contributed by atoms with Gasteiger partial charge in [-0.3, -0.25) is 4.79 Å². The summed E-state index contributed by atoms with van der Waals surface area (Å²) in [5.74, 6) is 0.163. The highest BCUT2D eigenvalue weighted by molar-refractivity contribution is 8.01. The lowest BCUT2D eigenvalue weighted by Crippen LogP contribution is -2.33. The van der Waals surface area contributed by atoms with Gasteiger partial charge in [0, 0.05) is 12.2 Å².